The van der Waals surface area contributed by atoms with Gasteiger partial charge in [0.1, 0.15) is 11.9 Å². The SMILES string of the molecule is CC(=O)N1c2cc3c(cc2C(OC(N)=O)CC1C)OC(Cc1ccccc1)C(=O)N3. The van der Waals surface area contributed by atoms with Crippen LogP contribution in [0.3, 0.4) is 0 Å². The Kier molecular flexibility index (Phi) is 5.07. The quantitative estimate of drug-likeness (QED) is 0.810. The van der Waals surface area contributed by atoms with Crippen LogP contribution in [0.4, 0.5) is 16.2 Å². The Hall–Kier alpha value is -3.55. The highest BCUT2D eigenvalue weighted by molar-refractivity contribution is 6.00. The molecule has 0 aliphatic carbocycles. The fourth-order valence-electron chi connectivity index (χ4n) is 4.14. The highest BCUT2D eigenvalue weighted by Gasteiger charge is 2.37. The van der Waals surface area contributed by atoms with Crippen molar-refractivity contribution >= 4 is 29.3 Å². The fourth-order valence-corrected chi connectivity index (χ4v) is 4.14. The predicted octanol–water partition coefficient (Wildman–Crippen LogP) is 2.91. The highest BCUT2D eigenvalue weighted by Crippen LogP contribution is 2.45. The van der Waals surface area contributed by atoms with Crippen LogP contribution in [-0.2, 0) is 20.7 Å². The number of nitrogens with zero attached hydrogens (tertiary/aromatic N) is 1. The van der Waals surface area contributed by atoms with E-state index in [2.05, 4.69) is 5.32 Å². The molecule has 0 fully saturated rings. The highest BCUT2D eigenvalue weighted by atomic mass is 16.6. The number of rotatable bonds is 3. The van der Waals surface area contributed by atoms with Gasteiger partial charge in [0.2, 0.25) is 5.91 Å². The van der Waals surface area contributed by atoms with Crippen molar-refractivity contribution in [3.8, 4) is 5.75 Å². The summed E-state index contributed by atoms with van der Waals surface area (Å²) in [5, 5.41) is 2.88. The number of amides is 3. The molecule has 0 saturated heterocycles. The average Bonchev–Trinajstić information content (AvgIpc) is 2.67. The molecule has 0 bridgehead atoms. The maximum atomic E-state index is 12.6. The van der Waals surface area contributed by atoms with E-state index in [1.807, 2.05) is 37.3 Å². The van der Waals surface area contributed by atoms with E-state index in [1.165, 1.54) is 6.92 Å². The van der Waals surface area contributed by atoms with Crippen LogP contribution in [0.2, 0.25) is 0 Å². The van der Waals surface area contributed by atoms with E-state index in [-0.39, 0.29) is 17.9 Å². The maximum Gasteiger partial charge on any atom is 0.405 e. The Balaban J connectivity index is 1.71. The number of anilines is 2. The van der Waals surface area contributed by atoms with Crippen LogP contribution in [0, 0.1) is 0 Å². The number of hydrogen-bond donors (Lipinski definition) is 2. The predicted molar refractivity (Wildman–Crippen MR) is 110 cm³/mol. The molecule has 3 atom stereocenters. The monoisotopic (exact) mass is 409 g/mol. The minimum absolute atomic E-state index is 0.147. The summed E-state index contributed by atoms with van der Waals surface area (Å²) in [7, 11) is 0. The van der Waals surface area contributed by atoms with Gasteiger partial charge in [0.15, 0.2) is 6.10 Å². The molecule has 2 aliphatic rings. The van der Waals surface area contributed by atoms with Crippen LogP contribution >= 0.6 is 0 Å². The van der Waals surface area contributed by atoms with Gasteiger partial charge in [0.25, 0.3) is 5.91 Å². The second-order valence-electron chi connectivity index (χ2n) is 7.59. The molecule has 3 amide bonds. The van der Waals surface area contributed by atoms with Crippen LogP contribution in [-0.4, -0.2) is 30.1 Å². The maximum absolute atomic E-state index is 12.6. The number of ether oxygens (including phenoxy) is 2. The number of fused-ring (bicyclic) bond motifs is 2. The molecule has 2 heterocycles. The number of primary amides is 1. The van der Waals surface area contributed by atoms with Gasteiger partial charge >= 0.3 is 6.09 Å². The van der Waals surface area contributed by atoms with Gasteiger partial charge in [-0.05, 0) is 24.6 Å². The lowest BCUT2D eigenvalue weighted by atomic mass is 9.92. The Morgan fingerprint density at radius 1 is 1.27 bits per heavy atom. The van der Waals surface area contributed by atoms with Gasteiger partial charge in [-0.25, -0.2) is 4.79 Å². The number of nitrogens with one attached hydrogen (secondary N) is 1. The first-order valence-corrected chi connectivity index (χ1v) is 9.78. The molecule has 0 saturated carbocycles. The Labute approximate surface area is 173 Å². The molecule has 2 aromatic carbocycles. The van der Waals surface area contributed by atoms with Gasteiger partial charge in [-0.3, -0.25) is 9.59 Å². The van der Waals surface area contributed by atoms with Crippen molar-refractivity contribution in [1.29, 1.82) is 0 Å². The molecule has 4 rings (SSSR count). The molecule has 0 radical (unpaired) electrons. The zero-order valence-electron chi connectivity index (χ0n) is 16.8. The number of hydrogen-bond acceptors (Lipinski definition) is 5. The number of carbonyl (C=O) groups is 3. The lowest BCUT2D eigenvalue weighted by Gasteiger charge is -2.39. The van der Waals surface area contributed by atoms with Crippen molar-refractivity contribution in [2.45, 2.75) is 44.9 Å². The number of benzene rings is 2. The summed E-state index contributed by atoms with van der Waals surface area (Å²) in [6, 6.07) is 12.8. The molecule has 0 spiro atoms. The van der Waals surface area contributed by atoms with E-state index in [1.54, 1.807) is 17.0 Å². The lowest BCUT2D eigenvalue weighted by molar-refractivity contribution is -0.123. The van der Waals surface area contributed by atoms with Crippen molar-refractivity contribution in [2.75, 3.05) is 10.2 Å². The van der Waals surface area contributed by atoms with Crippen LogP contribution in [0.5, 0.6) is 5.75 Å². The summed E-state index contributed by atoms with van der Waals surface area (Å²) in [5.41, 5.74) is 7.89. The molecule has 0 aromatic heterocycles. The van der Waals surface area contributed by atoms with Gasteiger partial charge < -0.3 is 25.4 Å². The summed E-state index contributed by atoms with van der Waals surface area (Å²) >= 11 is 0. The summed E-state index contributed by atoms with van der Waals surface area (Å²) in [6.07, 6.45) is -1.36. The standard InChI is InChI=1S/C22H23N3O5/c1-12-8-18(30-22(23)28)15-10-19-16(11-17(15)25(12)13(2)26)24-21(27)20(29-19)9-14-6-4-3-5-7-14/h3-7,10-12,18,20H,8-9H2,1-2H3,(H2,23,28)(H,24,27). The molecule has 156 valence electrons. The van der Waals surface area contributed by atoms with Crippen molar-refractivity contribution in [3.63, 3.8) is 0 Å². The van der Waals surface area contributed by atoms with Gasteiger partial charge in [-0.1, -0.05) is 30.3 Å². The summed E-state index contributed by atoms with van der Waals surface area (Å²) < 4.78 is 11.3. The first-order valence-electron chi connectivity index (χ1n) is 9.78. The third-order valence-electron chi connectivity index (χ3n) is 5.41. The fraction of sp³-hybridized carbons (Fsp3) is 0.318. The van der Waals surface area contributed by atoms with E-state index in [4.69, 9.17) is 15.2 Å². The smallest absolute Gasteiger partial charge is 0.405 e. The Morgan fingerprint density at radius 2 is 2.00 bits per heavy atom. The third kappa shape index (κ3) is 3.68. The zero-order valence-corrected chi connectivity index (χ0v) is 16.8. The molecule has 3 unspecified atom stereocenters. The molecule has 2 aromatic rings. The second kappa shape index (κ2) is 7.70. The van der Waals surface area contributed by atoms with Gasteiger partial charge in [-0.15, -0.1) is 0 Å². The van der Waals surface area contributed by atoms with E-state index < -0.39 is 18.3 Å². The third-order valence-corrected chi connectivity index (χ3v) is 5.41. The molecular weight excluding hydrogens is 386 g/mol. The Bertz CT molecular complexity index is 1010. The molecule has 2 aliphatic heterocycles. The van der Waals surface area contributed by atoms with Crippen LogP contribution < -0.4 is 20.7 Å². The topological polar surface area (TPSA) is 111 Å². The van der Waals surface area contributed by atoms with Crippen LogP contribution in [0.25, 0.3) is 0 Å². The van der Waals surface area contributed by atoms with E-state index >= 15 is 0 Å². The number of nitrogens with two attached hydrogens (primary N) is 1. The lowest BCUT2D eigenvalue weighted by Crippen LogP contribution is -2.43. The minimum Gasteiger partial charge on any atom is -0.478 e. The minimum atomic E-state index is -0.886. The van der Waals surface area contributed by atoms with Gasteiger partial charge in [0, 0.05) is 31.4 Å². The summed E-state index contributed by atoms with van der Waals surface area (Å²) in [4.78, 5) is 37.9. The molecular formula is C22H23N3O5. The Morgan fingerprint density at radius 3 is 2.67 bits per heavy atom. The van der Waals surface area contributed by atoms with Crippen molar-refractivity contribution in [3.05, 3.63) is 53.6 Å². The van der Waals surface area contributed by atoms with Crippen molar-refractivity contribution in [1.82, 2.24) is 0 Å². The molecule has 8 nitrogen and oxygen atoms in total. The van der Waals surface area contributed by atoms with Crippen molar-refractivity contribution in [2.24, 2.45) is 5.73 Å². The van der Waals surface area contributed by atoms with E-state index in [0.717, 1.165) is 5.56 Å². The zero-order chi connectivity index (χ0) is 21.4. The molecule has 8 heteroatoms. The first kappa shape index (κ1) is 19.8. The van der Waals surface area contributed by atoms with E-state index in [9.17, 15) is 14.4 Å². The summed E-state index contributed by atoms with van der Waals surface area (Å²) in [5.74, 6) is 0.0612. The van der Waals surface area contributed by atoms with Crippen molar-refractivity contribution < 1.29 is 23.9 Å². The normalized spacial score (nSPS) is 22.3. The molecule has 30 heavy (non-hydrogen) atoms. The van der Waals surface area contributed by atoms with Gasteiger partial charge in [-0.2, -0.15) is 0 Å². The largest absolute Gasteiger partial charge is 0.478 e. The van der Waals surface area contributed by atoms with E-state index in [0.29, 0.717) is 35.5 Å². The van der Waals surface area contributed by atoms with Crippen LogP contribution in [0.1, 0.15) is 37.5 Å². The average molecular weight is 409 g/mol. The number of carbonyl (C=O) groups excluding carboxylic acids is 3. The molecule has 3 N–H and O–H groups in total. The summed E-state index contributed by atoms with van der Waals surface area (Å²) in [6.45, 7) is 3.34. The second-order valence-corrected chi connectivity index (χ2v) is 7.59. The first-order chi connectivity index (χ1) is 14.3. The van der Waals surface area contributed by atoms with Gasteiger partial charge in [0.05, 0.1) is 11.4 Å². The van der Waals surface area contributed by atoms with Crippen LogP contribution in [0.15, 0.2) is 42.5 Å².